The molecule has 2 aromatic heterocycles. The molecule has 1 aliphatic carbocycles. The number of benzene rings is 2. The molecule has 2 amide bonds. The molecule has 11 nitrogen and oxygen atoms in total. The van der Waals surface area contributed by atoms with Crippen molar-refractivity contribution in [1.29, 1.82) is 0 Å². The summed E-state index contributed by atoms with van der Waals surface area (Å²) in [4.78, 5) is 41.1. The van der Waals surface area contributed by atoms with E-state index in [1.807, 2.05) is 28.8 Å². The van der Waals surface area contributed by atoms with Crippen molar-refractivity contribution in [3.63, 3.8) is 0 Å². The zero-order valence-corrected chi connectivity index (χ0v) is 25.8. The molecule has 1 fully saturated rings. The summed E-state index contributed by atoms with van der Waals surface area (Å²) in [7, 11) is 4.32. The van der Waals surface area contributed by atoms with E-state index < -0.39 is 0 Å². The third kappa shape index (κ3) is 7.41. The quantitative estimate of drug-likeness (QED) is 0.154. The van der Waals surface area contributed by atoms with Gasteiger partial charge < -0.3 is 30.7 Å². The van der Waals surface area contributed by atoms with Gasteiger partial charge in [0.25, 0.3) is 5.91 Å². The number of nitrogens with zero attached hydrogens (tertiary/aromatic N) is 5. The Balaban J connectivity index is 1.30. The summed E-state index contributed by atoms with van der Waals surface area (Å²) in [6.45, 7) is 8.47. The monoisotopic (exact) mass is 595 g/mol. The molecule has 0 saturated heterocycles. The van der Waals surface area contributed by atoms with E-state index in [9.17, 15) is 9.59 Å². The van der Waals surface area contributed by atoms with Gasteiger partial charge in [0.2, 0.25) is 11.9 Å². The molecule has 1 saturated carbocycles. The lowest BCUT2D eigenvalue weighted by atomic mass is 9.85. The highest BCUT2D eigenvalue weighted by Crippen LogP contribution is 2.29. The molecule has 4 aromatic rings. The topological polar surface area (TPSA) is 129 Å². The highest BCUT2D eigenvalue weighted by atomic mass is 16.2. The van der Waals surface area contributed by atoms with Crippen LogP contribution < -0.4 is 21.3 Å². The van der Waals surface area contributed by atoms with Crippen molar-refractivity contribution < 1.29 is 9.59 Å². The van der Waals surface area contributed by atoms with E-state index in [4.69, 9.17) is 9.97 Å². The summed E-state index contributed by atoms with van der Waals surface area (Å²) in [5, 5.41) is 12.5. The number of anilines is 5. The number of hydrogen-bond donors (Lipinski definition) is 4. The number of nitrogens with one attached hydrogen (secondary N) is 4. The Bertz CT molecular complexity index is 1620. The largest absolute Gasteiger partial charge is 0.354 e. The Labute approximate surface area is 258 Å². The first-order chi connectivity index (χ1) is 21.2. The maximum absolute atomic E-state index is 12.9. The Morgan fingerprint density at radius 2 is 1.73 bits per heavy atom. The fourth-order valence-corrected chi connectivity index (χ4v) is 5.47. The van der Waals surface area contributed by atoms with Gasteiger partial charge in [0, 0.05) is 41.3 Å². The standard InChI is InChI=1S/C33H41N9O2/c1-6-28(43)36-24-14-12-23(13-15-24)32(44)38-26-9-7-8-25(18-26)37-30-29-31(42(20-35-29)21(2)3)40-33(39-30)34-19-22-10-16-27(17-11-22)41(4)5/h6-9,12-15,18,20-22,27H,1,10-11,16-17,19H2,2-5H3,(H,36,43)(H,38,44)(H2,34,37,39,40). The Hall–Kier alpha value is -4.77. The summed E-state index contributed by atoms with van der Waals surface area (Å²) in [6.07, 6.45) is 7.77. The van der Waals surface area contributed by atoms with Crippen LogP contribution in [0.15, 0.2) is 67.5 Å². The lowest BCUT2D eigenvalue weighted by molar-refractivity contribution is -0.111. The third-order valence-electron chi connectivity index (χ3n) is 8.06. The fourth-order valence-electron chi connectivity index (χ4n) is 5.47. The number of imidazole rings is 1. The van der Waals surface area contributed by atoms with E-state index in [0.717, 1.165) is 17.9 Å². The summed E-state index contributed by atoms with van der Waals surface area (Å²) in [5.74, 6) is 1.16. The van der Waals surface area contributed by atoms with Crippen molar-refractivity contribution in [2.45, 2.75) is 51.6 Å². The molecule has 0 unspecified atom stereocenters. The van der Waals surface area contributed by atoms with Gasteiger partial charge >= 0.3 is 0 Å². The van der Waals surface area contributed by atoms with Gasteiger partial charge in [-0.05, 0) is 108 Å². The van der Waals surface area contributed by atoms with Crippen molar-refractivity contribution in [3.8, 4) is 0 Å². The minimum absolute atomic E-state index is 0.183. The van der Waals surface area contributed by atoms with Crippen LogP contribution in [-0.4, -0.2) is 62.9 Å². The number of rotatable bonds is 11. The number of amides is 2. The molecule has 0 spiro atoms. The van der Waals surface area contributed by atoms with Gasteiger partial charge in [-0.3, -0.25) is 9.59 Å². The average molecular weight is 596 g/mol. The van der Waals surface area contributed by atoms with Crippen molar-refractivity contribution in [2.75, 3.05) is 41.9 Å². The first kappa shape index (κ1) is 30.7. The molecule has 0 atom stereocenters. The van der Waals surface area contributed by atoms with Crippen LogP contribution in [-0.2, 0) is 4.79 Å². The normalized spacial score (nSPS) is 16.6. The lowest BCUT2D eigenvalue weighted by Crippen LogP contribution is -2.33. The van der Waals surface area contributed by atoms with Crippen molar-refractivity contribution in [1.82, 2.24) is 24.4 Å². The zero-order valence-electron chi connectivity index (χ0n) is 25.8. The second kappa shape index (κ2) is 13.7. The van der Waals surface area contributed by atoms with E-state index in [1.165, 1.54) is 31.8 Å². The Morgan fingerprint density at radius 1 is 1.00 bits per heavy atom. The molecule has 5 rings (SSSR count). The molecular formula is C33H41N9O2. The first-order valence-electron chi connectivity index (χ1n) is 15.1. The van der Waals surface area contributed by atoms with Crippen LogP contribution in [0.25, 0.3) is 11.2 Å². The molecule has 2 aromatic carbocycles. The van der Waals surface area contributed by atoms with Crippen LogP contribution in [0.5, 0.6) is 0 Å². The lowest BCUT2D eigenvalue weighted by Gasteiger charge is -2.32. The van der Waals surface area contributed by atoms with E-state index in [0.29, 0.717) is 46.2 Å². The molecule has 0 radical (unpaired) electrons. The number of aromatic nitrogens is 4. The number of hydrogen-bond acceptors (Lipinski definition) is 8. The first-order valence-corrected chi connectivity index (χ1v) is 15.1. The van der Waals surface area contributed by atoms with E-state index in [2.05, 4.69) is 65.7 Å². The Morgan fingerprint density at radius 3 is 2.41 bits per heavy atom. The minimum Gasteiger partial charge on any atom is -0.354 e. The minimum atomic E-state index is -0.311. The van der Waals surface area contributed by atoms with Crippen molar-refractivity contribution >= 4 is 51.8 Å². The van der Waals surface area contributed by atoms with Gasteiger partial charge in [0.15, 0.2) is 17.0 Å². The smallest absolute Gasteiger partial charge is 0.255 e. The second-order valence-corrected chi connectivity index (χ2v) is 11.8. The van der Waals surface area contributed by atoms with Crippen molar-refractivity contribution in [3.05, 3.63) is 73.1 Å². The zero-order chi connectivity index (χ0) is 31.2. The van der Waals surface area contributed by atoms with Gasteiger partial charge in [-0.15, -0.1) is 0 Å². The number of carbonyl (C=O) groups excluding carboxylic acids is 2. The van der Waals surface area contributed by atoms with Crippen LogP contribution in [0.2, 0.25) is 0 Å². The number of fused-ring (bicyclic) bond motifs is 1. The molecule has 0 bridgehead atoms. The third-order valence-corrected chi connectivity index (χ3v) is 8.06. The molecule has 230 valence electrons. The summed E-state index contributed by atoms with van der Waals surface area (Å²) < 4.78 is 2.04. The Kier molecular flexibility index (Phi) is 9.54. The molecule has 1 aliphatic rings. The summed E-state index contributed by atoms with van der Waals surface area (Å²) in [6, 6.07) is 14.9. The van der Waals surface area contributed by atoms with Gasteiger partial charge in [-0.25, -0.2) is 4.98 Å². The number of carbonyl (C=O) groups is 2. The maximum atomic E-state index is 12.9. The molecule has 0 aliphatic heterocycles. The van der Waals surface area contributed by atoms with Crippen molar-refractivity contribution in [2.24, 2.45) is 5.92 Å². The van der Waals surface area contributed by atoms with Crippen LogP contribution >= 0.6 is 0 Å². The van der Waals surface area contributed by atoms with Gasteiger partial charge in [0.1, 0.15) is 0 Å². The predicted molar refractivity (Wildman–Crippen MR) is 177 cm³/mol. The molecule has 11 heteroatoms. The van der Waals surface area contributed by atoms with Gasteiger partial charge in [-0.1, -0.05) is 12.6 Å². The SMILES string of the molecule is C=CC(=O)Nc1ccc(C(=O)Nc2cccc(Nc3nc(NCC4CCC(N(C)C)CC4)nc4c3ncn4C(C)C)c2)cc1. The van der Waals surface area contributed by atoms with Gasteiger partial charge in [0.05, 0.1) is 6.33 Å². The molecular weight excluding hydrogens is 554 g/mol. The second-order valence-electron chi connectivity index (χ2n) is 11.8. The average Bonchev–Trinajstić information content (AvgIpc) is 3.45. The van der Waals surface area contributed by atoms with Gasteiger partial charge in [-0.2, -0.15) is 9.97 Å². The highest BCUT2D eigenvalue weighted by Gasteiger charge is 2.23. The van der Waals surface area contributed by atoms with E-state index in [-0.39, 0.29) is 17.9 Å². The maximum Gasteiger partial charge on any atom is 0.255 e. The summed E-state index contributed by atoms with van der Waals surface area (Å²) >= 11 is 0. The predicted octanol–water partition coefficient (Wildman–Crippen LogP) is 6.06. The fraction of sp³-hybridized carbons (Fsp3) is 0.364. The van der Waals surface area contributed by atoms with E-state index >= 15 is 0 Å². The van der Waals surface area contributed by atoms with Crippen LogP contribution in [0.1, 0.15) is 55.9 Å². The van der Waals surface area contributed by atoms with Crippen LogP contribution in [0.4, 0.5) is 28.8 Å². The van der Waals surface area contributed by atoms with Crippen LogP contribution in [0, 0.1) is 5.92 Å². The molecule has 4 N–H and O–H groups in total. The van der Waals surface area contributed by atoms with Crippen LogP contribution in [0.3, 0.4) is 0 Å². The highest BCUT2D eigenvalue weighted by molar-refractivity contribution is 6.05. The van der Waals surface area contributed by atoms with E-state index in [1.54, 1.807) is 30.6 Å². The summed E-state index contributed by atoms with van der Waals surface area (Å²) in [5.41, 5.74) is 3.84. The molecule has 44 heavy (non-hydrogen) atoms. The molecule has 2 heterocycles.